The lowest BCUT2D eigenvalue weighted by Gasteiger charge is -2.10. The molecule has 1 aromatic rings. The molecular formula is C8H5BrF3NO2. The van der Waals surface area contributed by atoms with Gasteiger partial charge in [0.1, 0.15) is 0 Å². The van der Waals surface area contributed by atoms with Crippen LogP contribution in [0.15, 0.2) is 22.7 Å². The molecule has 7 heteroatoms. The van der Waals surface area contributed by atoms with Gasteiger partial charge in [0.05, 0.1) is 5.56 Å². The summed E-state index contributed by atoms with van der Waals surface area (Å²) in [4.78, 5) is 10.9. The SMILES string of the molecule is O=C(NO)c1ccc(Br)c(C(F)(F)F)c1. The maximum absolute atomic E-state index is 12.4. The van der Waals surface area contributed by atoms with E-state index in [0.29, 0.717) is 6.07 Å². The summed E-state index contributed by atoms with van der Waals surface area (Å²) in [6.07, 6.45) is -4.55. The van der Waals surface area contributed by atoms with Gasteiger partial charge in [0.2, 0.25) is 0 Å². The lowest BCUT2D eigenvalue weighted by atomic mass is 10.1. The summed E-state index contributed by atoms with van der Waals surface area (Å²) < 4.78 is 37.0. The largest absolute Gasteiger partial charge is 0.417 e. The van der Waals surface area contributed by atoms with E-state index >= 15 is 0 Å². The average molecular weight is 284 g/mol. The average Bonchev–Trinajstić information content (AvgIpc) is 2.15. The van der Waals surface area contributed by atoms with Gasteiger partial charge < -0.3 is 0 Å². The molecule has 0 aromatic heterocycles. The Morgan fingerprint density at radius 1 is 1.40 bits per heavy atom. The predicted molar refractivity (Wildman–Crippen MR) is 48.4 cm³/mol. The molecular weight excluding hydrogens is 279 g/mol. The van der Waals surface area contributed by atoms with Gasteiger partial charge in [-0.15, -0.1) is 0 Å². The Morgan fingerprint density at radius 3 is 2.47 bits per heavy atom. The van der Waals surface area contributed by atoms with Crippen LogP contribution in [0.5, 0.6) is 0 Å². The van der Waals surface area contributed by atoms with E-state index in [0.717, 1.165) is 12.1 Å². The maximum Gasteiger partial charge on any atom is 0.417 e. The van der Waals surface area contributed by atoms with E-state index in [9.17, 15) is 18.0 Å². The molecule has 1 rings (SSSR count). The van der Waals surface area contributed by atoms with Crippen molar-refractivity contribution in [3.05, 3.63) is 33.8 Å². The molecule has 0 heterocycles. The number of amides is 1. The van der Waals surface area contributed by atoms with E-state index in [1.807, 2.05) is 0 Å². The monoisotopic (exact) mass is 283 g/mol. The Balaban J connectivity index is 3.23. The minimum absolute atomic E-state index is 0.163. The molecule has 0 saturated carbocycles. The van der Waals surface area contributed by atoms with Gasteiger partial charge in [-0.3, -0.25) is 10.0 Å². The third-order valence-electron chi connectivity index (χ3n) is 1.64. The molecule has 0 bridgehead atoms. The van der Waals surface area contributed by atoms with E-state index in [1.165, 1.54) is 5.48 Å². The molecule has 82 valence electrons. The van der Waals surface area contributed by atoms with E-state index in [-0.39, 0.29) is 10.0 Å². The number of hydrogen-bond acceptors (Lipinski definition) is 2. The zero-order valence-corrected chi connectivity index (χ0v) is 8.69. The van der Waals surface area contributed by atoms with Gasteiger partial charge in [0.15, 0.2) is 0 Å². The molecule has 0 aliphatic heterocycles. The van der Waals surface area contributed by atoms with Gasteiger partial charge in [-0.1, -0.05) is 15.9 Å². The third kappa shape index (κ3) is 2.69. The quantitative estimate of drug-likeness (QED) is 0.615. The second-order valence-electron chi connectivity index (χ2n) is 2.63. The second-order valence-corrected chi connectivity index (χ2v) is 3.49. The molecule has 3 nitrogen and oxygen atoms in total. The fraction of sp³-hybridized carbons (Fsp3) is 0.125. The van der Waals surface area contributed by atoms with Crippen molar-refractivity contribution in [2.75, 3.05) is 0 Å². The lowest BCUT2D eigenvalue weighted by Crippen LogP contribution is -2.19. The minimum atomic E-state index is -4.55. The first-order chi connectivity index (χ1) is 6.86. The molecule has 0 aliphatic carbocycles. The van der Waals surface area contributed by atoms with Crippen molar-refractivity contribution in [1.82, 2.24) is 5.48 Å². The molecule has 15 heavy (non-hydrogen) atoms. The fourth-order valence-electron chi connectivity index (χ4n) is 0.948. The molecule has 1 aromatic carbocycles. The maximum atomic E-state index is 12.4. The van der Waals surface area contributed by atoms with E-state index in [2.05, 4.69) is 15.9 Å². The first kappa shape index (κ1) is 12.0. The lowest BCUT2D eigenvalue weighted by molar-refractivity contribution is -0.138. The number of rotatable bonds is 1. The Labute approximate surface area is 91.0 Å². The van der Waals surface area contributed by atoms with Gasteiger partial charge in [0.25, 0.3) is 5.91 Å². The summed E-state index contributed by atoms with van der Waals surface area (Å²) in [5.74, 6) is -0.993. The van der Waals surface area contributed by atoms with Crippen molar-refractivity contribution in [3.8, 4) is 0 Å². The number of nitrogens with one attached hydrogen (secondary N) is 1. The first-order valence-electron chi connectivity index (χ1n) is 3.67. The summed E-state index contributed by atoms with van der Waals surface area (Å²) in [5, 5.41) is 8.26. The van der Waals surface area contributed by atoms with Crippen molar-refractivity contribution in [2.24, 2.45) is 0 Å². The normalized spacial score (nSPS) is 11.3. The smallest absolute Gasteiger partial charge is 0.288 e. The van der Waals surface area contributed by atoms with E-state index in [1.54, 1.807) is 0 Å². The number of carbonyl (C=O) groups is 1. The number of carbonyl (C=O) groups excluding carboxylic acids is 1. The van der Waals surface area contributed by atoms with Crippen LogP contribution in [-0.2, 0) is 6.18 Å². The Kier molecular flexibility index (Phi) is 3.35. The van der Waals surface area contributed by atoms with Crippen LogP contribution in [0.25, 0.3) is 0 Å². The van der Waals surface area contributed by atoms with E-state index in [4.69, 9.17) is 5.21 Å². The van der Waals surface area contributed by atoms with Crippen LogP contribution in [0.4, 0.5) is 13.2 Å². The van der Waals surface area contributed by atoms with Crippen LogP contribution >= 0.6 is 15.9 Å². The van der Waals surface area contributed by atoms with Gasteiger partial charge in [-0.2, -0.15) is 13.2 Å². The topological polar surface area (TPSA) is 49.3 Å². The molecule has 1 amide bonds. The zero-order valence-electron chi connectivity index (χ0n) is 7.10. The molecule has 0 aliphatic rings. The van der Waals surface area contributed by atoms with Crippen LogP contribution in [0.2, 0.25) is 0 Å². The van der Waals surface area contributed by atoms with Crippen molar-refractivity contribution < 1.29 is 23.2 Å². The van der Waals surface area contributed by atoms with Gasteiger partial charge in [-0.25, -0.2) is 5.48 Å². The van der Waals surface area contributed by atoms with Crippen LogP contribution in [-0.4, -0.2) is 11.1 Å². The van der Waals surface area contributed by atoms with Gasteiger partial charge in [0, 0.05) is 10.0 Å². The van der Waals surface area contributed by atoms with Gasteiger partial charge >= 0.3 is 6.18 Å². The van der Waals surface area contributed by atoms with Crippen LogP contribution in [0, 0.1) is 0 Å². The highest BCUT2D eigenvalue weighted by Gasteiger charge is 2.33. The predicted octanol–water partition coefficient (Wildman–Crippen LogP) is 2.59. The van der Waals surface area contributed by atoms with Crippen LogP contribution in [0.1, 0.15) is 15.9 Å². The molecule has 0 saturated heterocycles. The number of hydroxylamine groups is 1. The Hall–Kier alpha value is -1.08. The second kappa shape index (κ2) is 4.19. The standard InChI is InChI=1S/C8H5BrF3NO2/c9-6-2-1-4(7(14)13-15)3-5(6)8(10,11)12/h1-3,15H,(H,13,14). The Bertz CT molecular complexity index is 392. The zero-order chi connectivity index (χ0) is 11.6. The number of alkyl halides is 3. The number of halogens is 4. The first-order valence-corrected chi connectivity index (χ1v) is 4.46. The highest BCUT2D eigenvalue weighted by molar-refractivity contribution is 9.10. The molecule has 0 radical (unpaired) electrons. The molecule has 0 atom stereocenters. The Morgan fingerprint density at radius 2 is 2.00 bits per heavy atom. The highest BCUT2D eigenvalue weighted by Crippen LogP contribution is 2.35. The minimum Gasteiger partial charge on any atom is -0.288 e. The summed E-state index contributed by atoms with van der Waals surface area (Å²) in [6.45, 7) is 0. The molecule has 0 spiro atoms. The van der Waals surface area contributed by atoms with Crippen molar-refractivity contribution in [2.45, 2.75) is 6.18 Å². The summed E-state index contributed by atoms with van der Waals surface area (Å²) in [5.41, 5.74) is 0.0186. The number of hydrogen-bond donors (Lipinski definition) is 2. The van der Waals surface area contributed by atoms with Crippen molar-refractivity contribution in [1.29, 1.82) is 0 Å². The summed E-state index contributed by atoms with van der Waals surface area (Å²) >= 11 is 2.72. The summed E-state index contributed by atoms with van der Waals surface area (Å²) in [7, 11) is 0. The van der Waals surface area contributed by atoms with Crippen molar-refractivity contribution >= 4 is 21.8 Å². The van der Waals surface area contributed by atoms with E-state index < -0.39 is 17.6 Å². The van der Waals surface area contributed by atoms with Crippen molar-refractivity contribution in [3.63, 3.8) is 0 Å². The molecule has 0 unspecified atom stereocenters. The highest BCUT2D eigenvalue weighted by atomic mass is 79.9. The third-order valence-corrected chi connectivity index (χ3v) is 2.33. The van der Waals surface area contributed by atoms with Crippen LogP contribution < -0.4 is 5.48 Å². The number of benzene rings is 1. The van der Waals surface area contributed by atoms with Crippen LogP contribution in [0.3, 0.4) is 0 Å². The molecule has 2 N–H and O–H groups in total. The summed E-state index contributed by atoms with van der Waals surface area (Å²) in [6, 6.07) is 2.90. The molecule has 0 fully saturated rings. The fourth-order valence-corrected chi connectivity index (χ4v) is 1.42. The van der Waals surface area contributed by atoms with Gasteiger partial charge in [-0.05, 0) is 18.2 Å².